The number of methoxy groups -OCH3 is 1. The van der Waals surface area contributed by atoms with Crippen LogP contribution in [0.3, 0.4) is 0 Å². The van der Waals surface area contributed by atoms with Crippen LogP contribution in [0.1, 0.15) is 43.5 Å². The van der Waals surface area contributed by atoms with Gasteiger partial charge in [0.15, 0.2) is 10.9 Å². The van der Waals surface area contributed by atoms with Crippen molar-refractivity contribution in [3.8, 4) is 5.88 Å². The normalized spacial score (nSPS) is 18.1. The third kappa shape index (κ3) is 2.75. The van der Waals surface area contributed by atoms with Gasteiger partial charge in [-0.25, -0.2) is 4.98 Å². The van der Waals surface area contributed by atoms with Crippen molar-refractivity contribution >= 4 is 23.4 Å². The maximum Gasteiger partial charge on any atom is 0.230 e. The molecule has 0 N–H and O–H groups in total. The quantitative estimate of drug-likeness (QED) is 0.615. The second-order valence-electron chi connectivity index (χ2n) is 4.94. The van der Waals surface area contributed by atoms with Crippen LogP contribution in [0, 0.1) is 0 Å². The molecule has 0 aliphatic carbocycles. The number of carbonyl (C=O) groups excluding carboxylic acids is 1. The van der Waals surface area contributed by atoms with Gasteiger partial charge in [-0.1, -0.05) is 25.1 Å². The summed E-state index contributed by atoms with van der Waals surface area (Å²) >= 11 is 1.46. The minimum absolute atomic E-state index is 0.0738. The van der Waals surface area contributed by atoms with Crippen molar-refractivity contribution in [2.24, 2.45) is 0 Å². The highest BCUT2D eigenvalue weighted by molar-refractivity contribution is 7.98. The minimum atomic E-state index is 0.0738. The van der Waals surface area contributed by atoms with Gasteiger partial charge >= 0.3 is 0 Å². The van der Waals surface area contributed by atoms with Crippen LogP contribution >= 0.6 is 11.8 Å². The van der Waals surface area contributed by atoms with Gasteiger partial charge in [-0.2, -0.15) is 4.98 Å². The molecule has 2 heterocycles. The van der Waals surface area contributed by atoms with Crippen LogP contribution in [-0.4, -0.2) is 41.7 Å². The molecule has 1 aliphatic rings. The lowest BCUT2D eigenvalue weighted by atomic mass is 9.98. The van der Waals surface area contributed by atoms with E-state index in [0.29, 0.717) is 23.0 Å². The fourth-order valence-electron chi connectivity index (χ4n) is 2.44. The summed E-state index contributed by atoms with van der Waals surface area (Å²) in [5, 5.41) is 0.643. The van der Waals surface area contributed by atoms with Crippen LogP contribution in [0.25, 0.3) is 0 Å². The Kier molecular flexibility index (Phi) is 4.86. The summed E-state index contributed by atoms with van der Waals surface area (Å²) in [4.78, 5) is 23.4. The third-order valence-electron chi connectivity index (χ3n) is 3.53. The molecule has 0 aromatic carbocycles. The second kappa shape index (κ2) is 6.43. The number of unbranched alkanes of at least 4 members (excludes halogenated alkanes) is 1. The Labute approximate surface area is 124 Å². The number of hydrogen-bond donors (Lipinski definition) is 0. The summed E-state index contributed by atoms with van der Waals surface area (Å²) in [6.45, 7) is 5.14. The van der Waals surface area contributed by atoms with Gasteiger partial charge in [-0.05, 0) is 19.6 Å². The standard InChI is InChI=1S/C14H21N3O2S/c1-5-6-7-17-9(2)8-10(18)11-12(17)15-14(20-4)16-13(11)19-3/h9H,5-8H2,1-4H3. The molecule has 0 fully saturated rings. The smallest absolute Gasteiger partial charge is 0.230 e. The molecule has 1 atom stereocenters. The molecule has 1 aliphatic heterocycles. The first kappa shape index (κ1) is 15.1. The third-order valence-corrected chi connectivity index (χ3v) is 4.08. The molecule has 1 aromatic rings. The number of carbonyl (C=O) groups is 1. The molecule has 6 heteroatoms. The van der Waals surface area contributed by atoms with Gasteiger partial charge in [-0.3, -0.25) is 4.79 Å². The fraction of sp³-hybridized carbons (Fsp3) is 0.643. The Morgan fingerprint density at radius 2 is 2.20 bits per heavy atom. The molecule has 20 heavy (non-hydrogen) atoms. The number of fused-ring (bicyclic) bond motifs is 1. The van der Waals surface area contributed by atoms with E-state index in [1.54, 1.807) is 7.11 Å². The molecule has 0 spiro atoms. The Balaban J connectivity index is 2.51. The molecular weight excluding hydrogens is 274 g/mol. The lowest BCUT2D eigenvalue weighted by molar-refractivity contribution is 0.0963. The van der Waals surface area contributed by atoms with E-state index < -0.39 is 0 Å². The predicted octanol–water partition coefficient (Wildman–Crippen LogP) is 2.79. The first-order chi connectivity index (χ1) is 9.62. The molecule has 110 valence electrons. The summed E-state index contributed by atoms with van der Waals surface area (Å²) < 4.78 is 5.30. The molecule has 0 radical (unpaired) electrons. The molecular formula is C14H21N3O2S. The summed E-state index contributed by atoms with van der Waals surface area (Å²) in [6, 6.07) is 0.177. The maximum atomic E-state index is 12.3. The SMILES string of the molecule is CCCCN1c2nc(SC)nc(OC)c2C(=O)CC1C. The number of nitrogens with zero attached hydrogens (tertiary/aromatic N) is 3. The van der Waals surface area contributed by atoms with Crippen molar-refractivity contribution < 1.29 is 9.53 Å². The van der Waals surface area contributed by atoms with E-state index in [-0.39, 0.29) is 11.8 Å². The second-order valence-corrected chi connectivity index (χ2v) is 5.71. The van der Waals surface area contributed by atoms with Crippen LogP contribution in [0.4, 0.5) is 5.82 Å². The van der Waals surface area contributed by atoms with E-state index in [0.717, 1.165) is 25.2 Å². The van der Waals surface area contributed by atoms with E-state index in [1.165, 1.54) is 11.8 Å². The number of ketones is 1. The number of ether oxygens (including phenoxy) is 1. The van der Waals surface area contributed by atoms with Crippen molar-refractivity contribution in [3.63, 3.8) is 0 Å². The Morgan fingerprint density at radius 1 is 1.45 bits per heavy atom. The first-order valence-electron chi connectivity index (χ1n) is 6.92. The number of thioether (sulfide) groups is 1. The van der Waals surface area contributed by atoms with Crippen LogP contribution in [-0.2, 0) is 0 Å². The Hall–Kier alpha value is -1.30. The summed E-state index contributed by atoms with van der Waals surface area (Å²) in [5.74, 6) is 1.21. The summed E-state index contributed by atoms with van der Waals surface area (Å²) in [7, 11) is 1.55. The Bertz CT molecular complexity index is 507. The average Bonchev–Trinajstić information content (AvgIpc) is 2.45. The zero-order valence-corrected chi connectivity index (χ0v) is 13.3. The van der Waals surface area contributed by atoms with Crippen molar-refractivity contribution in [1.29, 1.82) is 0 Å². The van der Waals surface area contributed by atoms with Crippen molar-refractivity contribution in [3.05, 3.63) is 5.56 Å². The number of aromatic nitrogens is 2. The van der Waals surface area contributed by atoms with E-state index in [4.69, 9.17) is 4.74 Å². The van der Waals surface area contributed by atoms with Crippen LogP contribution in [0.5, 0.6) is 5.88 Å². The van der Waals surface area contributed by atoms with E-state index in [9.17, 15) is 4.79 Å². The van der Waals surface area contributed by atoms with E-state index in [1.807, 2.05) is 6.26 Å². The molecule has 5 nitrogen and oxygen atoms in total. The lowest BCUT2D eigenvalue weighted by Gasteiger charge is -2.35. The fourth-order valence-corrected chi connectivity index (χ4v) is 2.80. The predicted molar refractivity (Wildman–Crippen MR) is 81.0 cm³/mol. The maximum absolute atomic E-state index is 12.3. The molecule has 0 saturated heterocycles. The van der Waals surface area contributed by atoms with Gasteiger partial charge < -0.3 is 9.64 Å². The molecule has 1 aromatic heterocycles. The van der Waals surface area contributed by atoms with Crippen molar-refractivity contribution in [2.75, 3.05) is 24.8 Å². The van der Waals surface area contributed by atoms with Crippen LogP contribution < -0.4 is 9.64 Å². The molecule has 1 unspecified atom stereocenters. The van der Waals surface area contributed by atoms with Gasteiger partial charge in [-0.15, -0.1) is 0 Å². The van der Waals surface area contributed by atoms with Gasteiger partial charge in [0.2, 0.25) is 5.88 Å². The highest BCUT2D eigenvalue weighted by atomic mass is 32.2. The minimum Gasteiger partial charge on any atom is -0.480 e. The monoisotopic (exact) mass is 295 g/mol. The zero-order chi connectivity index (χ0) is 14.7. The average molecular weight is 295 g/mol. The number of rotatable bonds is 5. The summed E-state index contributed by atoms with van der Waals surface area (Å²) in [5.41, 5.74) is 0.541. The van der Waals surface area contributed by atoms with Gasteiger partial charge in [0.1, 0.15) is 11.4 Å². The highest BCUT2D eigenvalue weighted by Crippen LogP contribution is 2.35. The topological polar surface area (TPSA) is 55.3 Å². The van der Waals surface area contributed by atoms with Crippen molar-refractivity contribution in [1.82, 2.24) is 9.97 Å². The number of anilines is 1. The van der Waals surface area contributed by atoms with Crippen LogP contribution in [0.2, 0.25) is 0 Å². The molecule has 0 bridgehead atoms. The van der Waals surface area contributed by atoms with Crippen LogP contribution in [0.15, 0.2) is 5.16 Å². The van der Waals surface area contributed by atoms with E-state index in [2.05, 4.69) is 28.7 Å². The Morgan fingerprint density at radius 3 is 2.80 bits per heavy atom. The van der Waals surface area contributed by atoms with Crippen molar-refractivity contribution in [2.45, 2.75) is 44.3 Å². The van der Waals surface area contributed by atoms with E-state index >= 15 is 0 Å². The van der Waals surface area contributed by atoms with Gasteiger partial charge in [0, 0.05) is 19.0 Å². The lowest BCUT2D eigenvalue weighted by Crippen LogP contribution is -2.41. The molecule has 2 rings (SSSR count). The number of hydrogen-bond acceptors (Lipinski definition) is 6. The summed E-state index contributed by atoms with van der Waals surface area (Å²) in [6.07, 6.45) is 4.61. The molecule has 0 amide bonds. The largest absolute Gasteiger partial charge is 0.480 e. The van der Waals surface area contributed by atoms with Gasteiger partial charge in [0.05, 0.1) is 7.11 Å². The van der Waals surface area contributed by atoms with Gasteiger partial charge in [0.25, 0.3) is 0 Å². The molecule has 0 saturated carbocycles. The highest BCUT2D eigenvalue weighted by Gasteiger charge is 2.33. The number of Topliss-reactive ketones (excluding diaryl/α,β-unsaturated/α-hetero) is 1. The zero-order valence-electron chi connectivity index (χ0n) is 12.5. The first-order valence-corrected chi connectivity index (χ1v) is 8.14.